The van der Waals surface area contributed by atoms with Crippen LogP contribution < -0.4 is 16.2 Å². The molecule has 0 unspecified atom stereocenters. The van der Waals surface area contributed by atoms with Crippen LogP contribution in [0.4, 0.5) is 5.69 Å². The zero-order valence-electron chi connectivity index (χ0n) is 14.9. The van der Waals surface area contributed by atoms with Gasteiger partial charge >= 0.3 is 0 Å². The minimum Gasteiger partial charge on any atom is -0.369 e. The fourth-order valence-corrected chi connectivity index (χ4v) is 4.51. The normalized spacial score (nSPS) is 17.3. The molecule has 1 saturated heterocycles. The fourth-order valence-electron chi connectivity index (χ4n) is 3.65. The van der Waals surface area contributed by atoms with Gasteiger partial charge in [0.25, 0.3) is 5.56 Å². The maximum atomic E-state index is 12.7. The first kappa shape index (κ1) is 16.4. The van der Waals surface area contributed by atoms with Gasteiger partial charge in [-0.1, -0.05) is 6.07 Å². The highest BCUT2D eigenvalue weighted by Gasteiger charge is 2.20. The summed E-state index contributed by atoms with van der Waals surface area (Å²) in [6, 6.07) is 11.7. The second-order valence-corrected chi connectivity index (χ2v) is 8.24. The average Bonchev–Trinajstić information content (AvgIpc) is 3.25. The predicted molar refractivity (Wildman–Crippen MR) is 110 cm³/mol. The lowest BCUT2D eigenvalue weighted by molar-refractivity contribution is 0.752. The van der Waals surface area contributed by atoms with E-state index >= 15 is 0 Å². The highest BCUT2D eigenvalue weighted by atomic mass is 32.1. The summed E-state index contributed by atoms with van der Waals surface area (Å²) in [4.78, 5) is 24.1. The minimum atomic E-state index is -0.0825. The number of aryl methyl sites for hydroxylation is 1. The number of hydrogen-bond acceptors (Lipinski definition) is 6. The molecule has 6 nitrogen and oxygen atoms in total. The van der Waals surface area contributed by atoms with E-state index in [0.717, 1.165) is 46.0 Å². The van der Waals surface area contributed by atoms with Crippen molar-refractivity contribution in [1.82, 2.24) is 14.4 Å². The Morgan fingerprint density at radius 2 is 2.07 bits per heavy atom. The van der Waals surface area contributed by atoms with Gasteiger partial charge in [-0.05, 0) is 37.6 Å². The van der Waals surface area contributed by atoms with Gasteiger partial charge in [0, 0.05) is 37.0 Å². The molecular weight excluding hydrogens is 358 g/mol. The summed E-state index contributed by atoms with van der Waals surface area (Å²) >= 11 is 1.65. The summed E-state index contributed by atoms with van der Waals surface area (Å²) in [5, 5.41) is 1.03. The van der Waals surface area contributed by atoms with E-state index < -0.39 is 0 Å². The maximum Gasteiger partial charge on any atom is 0.258 e. The molecule has 27 heavy (non-hydrogen) atoms. The molecule has 0 bridgehead atoms. The predicted octanol–water partition coefficient (Wildman–Crippen LogP) is 2.82. The third-order valence-electron chi connectivity index (χ3n) is 5.02. The van der Waals surface area contributed by atoms with E-state index in [0.29, 0.717) is 11.3 Å². The number of anilines is 1. The Hall–Kier alpha value is -2.77. The highest BCUT2D eigenvalue weighted by Crippen LogP contribution is 2.27. The van der Waals surface area contributed by atoms with Crippen LogP contribution in [0.3, 0.4) is 0 Å². The van der Waals surface area contributed by atoms with Gasteiger partial charge in [-0.2, -0.15) is 0 Å². The molecule has 0 amide bonds. The van der Waals surface area contributed by atoms with Crippen molar-refractivity contribution < 1.29 is 0 Å². The van der Waals surface area contributed by atoms with Gasteiger partial charge in [0.2, 0.25) is 0 Å². The van der Waals surface area contributed by atoms with E-state index in [9.17, 15) is 4.79 Å². The summed E-state index contributed by atoms with van der Waals surface area (Å²) in [6.45, 7) is 3.73. The van der Waals surface area contributed by atoms with Crippen molar-refractivity contribution >= 4 is 32.9 Å². The summed E-state index contributed by atoms with van der Waals surface area (Å²) in [5.41, 5.74) is 10.2. The first-order valence-corrected chi connectivity index (χ1v) is 9.80. The summed E-state index contributed by atoms with van der Waals surface area (Å²) in [5.74, 6) is 0. The summed E-state index contributed by atoms with van der Waals surface area (Å²) in [6.07, 6.45) is 2.84. The lowest BCUT2D eigenvalue weighted by Gasteiger charge is -2.18. The standard InChI is InChI=1S/C20H19N5OS/c1-12-22-16-4-2-13(8-18(16)27-12)17-9-20(26)25-11-15(3-5-19(25)23-17)24-7-6-14(21)10-24/h2-5,8-9,11,14H,6-7,10,21H2,1H3/t14-/m0/s1. The van der Waals surface area contributed by atoms with Crippen molar-refractivity contribution in [2.75, 3.05) is 18.0 Å². The van der Waals surface area contributed by atoms with Crippen LogP contribution in [-0.2, 0) is 0 Å². The van der Waals surface area contributed by atoms with Crippen molar-refractivity contribution in [3.63, 3.8) is 0 Å². The largest absolute Gasteiger partial charge is 0.369 e. The molecule has 0 spiro atoms. The van der Waals surface area contributed by atoms with Crippen LogP contribution in [0.2, 0.25) is 0 Å². The number of benzene rings is 1. The molecule has 0 saturated carbocycles. The molecule has 1 aromatic carbocycles. The molecule has 0 aliphatic carbocycles. The number of rotatable bonds is 2. The maximum absolute atomic E-state index is 12.7. The molecule has 2 N–H and O–H groups in total. The Labute approximate surface area is 159 Å². The van der Waals surface area contributed by atoms with E-state index in [1.165, 1.54) is 0 Å². The van der Waals surface area contributed by atoms with Gasteiger partial charge in [0.15, 0.2) is 0 Å². The Bertz CT molecular complexity index is 1230. The molecule has 1 aliphatic rings. The number of pyridine rings is 1. The van der Waals surface area contributed by atoms with Crippen LogP contribution in [0, 0.1) is 6.92 Å². The Kier molecular flexibility index (Phi) is 3.73. The van der Waals surface area contributed by atoms with Gasteiger partial charge in [-0.3, -0.25) is 9.20 Å². The second kappa shape index (κ2) is 6.14. The molecule has 1 atom stereocenters. The van der Waals surface area contributed by atoms with E-state index in [2.05, 4.69) is 16.0 Å². The van der Waals surface area contributed by atoms with Crippen molar-refractivity contribution in [3.05, 3.63) is 58.0 Å². The first-order chi connectivity index (χ1) is 13.1. The Morgan fingerprint density at radius 3 is 2.89 bits per heavy atom. The number of nitrogens with two attached hydrogens (primary N) is 1. The Morgan fingerprint density at radius 1 is 1.19 bits per heavy atom. The van der Waals surface area contributed by atoms with E-state index in [4.69, 9.17) is 10.7 Å². The molecule has 4 aromatic rings. The lowest BCUT2D eigenvalue weighted by Crippen LogP contribution is -2.27. The van der Waals surface area contributed by atoms with Crippen LogP contribution in [0.25, 0.3) is 27.1 Å². The van der Waals surface area contributed by atoms with Gasteiger partial charge in [-0.25, -0.2) is 9.97 Å². The van der Waals surface area contributed by atoms with Gasteiger partial charge in [0.05, 0.1) is 26.6 Å². The lowest BCUT2D eigenvalue weighted by atomic mass is 10.1. The molecule has 1 fully saturated rings. The second-order valence-electron chi connectivity index (χ2n) is 7.01. The third-order valence-corrected chi connectivity index (χ3v) is 5.96. The first-order valence-electron chi connectivity index (χ1n) is 8.98. The van der Waals surface area contributed by atoms with Crippen LogP contribution in [0.1, 0.15) is 11.4 Å². The molecule has 4 heterocycles. The zero-order chi connectivity index (χ0) is 18.5. The van der Waals surface area contributed by atoms with Gasteiger partial charge in [0.1, 0.15) is 5.65 Å². The Balaban J connectivity index is 1.58. The van der Waals surface area contributed by atoms with Crippen LogP contribution >= 0.6 is 11.3 Å². The summed E-state index contributed by atoms with van der Waals surface area (Å²) < 4.78 is 2.71. The van der Waals surface area contributed by atoms with Gasteiger partial charge in [-0.15, -0.1) is 11.3 Å². The van der Waals surface area contributed by atoms with Crippen LogP contribution in [-0.4, -0.2) is 33.5 Å². The van der Waals surface area contributed by atoms with Crippen molar-refractivity contribution in [3.8, 4) is 11.3 Å². The molecular formula is C20H19N5OS. The number of thiazole rings is 1. The monoisotopic (exact) mass is 377 g/mol. The molecule has 1 aliphatic heterocycles. The summed E-state index contributed by atoms with van der Waals surface area (Å²) in [7, 11) is 0. The van der Waals surface area contributed by atoms with E-state index in [1.54, 1.807) is 21.8 Å². The number of fused-ring (bicyclic) bond motifs is 2. The highest BCUT2D eigenvalue weighted by molar-refractivity contribution is 7.18. The van der Waals surface area contributed by atoms with E-state index in [1.807, 2.05) is 37.4 Å². The molecule has 5 rings (SSSR count). The molecule has 3 aromatic heterocycles. The molecule has 136 valence electrons. The topological polar surface area (TPSA) is 76.5 Å². The minimum absolute atomic E-state index is 0.0825. The zero-order valence-corrected chi connectivity index (χ0v) is 15.7. The fraction of sp³-hybridized carbons (Fsp3) is 0.250. The van der Waals surface area contributed by atoms with Crippen LogP contribution in [0.5, 0.6) is 0 Å². The molecule has 0 radical (unpaired) electrons. The van der Waals surface area contributed by atoms with Crippen molar-refractivity contribution in [2.45, 2.75) is 19.4 Å². The van der Waals surface area contributed by atoms with Crippen molar-refractivity contribution in [1.29, 1.82) is 0 Å². The number of aromatic nitrogens is 3. The van der Waals surface area contributed by atoms with E-state index in [-0.39, 0.29) is 11.6 Å². The number of hydrogen-bond donors (Lipinski definition) is 1. The van der Waals surface area contributed by atoms with Gasteiger partial charge < -0.3 is 10.6 Å². The van der Waals surface area contributed by atoms with Crippen LogP contribution in [0.15, 0.2) is 47.4 Å². The SMILES string of the molecule is Cc1nc2ccc(-c3cc(=O)n4cc(N5CC[C@H](N)C5)ccc4n3)cc2s1. The average molecular weight is 377 g/mol. The third kappa shape index (κ3) is 2.89. The molecule has 7 heteroatoms. The van der Waals surface area contributed by atoms with Crippen molar-refractivity contribution in [2.24, 2.45) is 5.73 Å². The number of nitrogens with zero attached hydrogens (tertiary/aromatic N) is 4. The smallest absolute Gasteiger partial charge is 0.258 e. The quantitative estimate of drug-likeness (QED) is 0.581.